The topological polar surface area (TPSA) is 69.4 Å². The number of ether oxygens (including phenoxy) is 1. The van der Waals surface area contributed by atoms with Crippen LogP contribution in [0.4, 0.5) is 4.39 Å². The van der Waals surface area contributed by atoms with Gasteiger partial charge in [-0.3, -0.25) is 9.59 Å². The standard InChI is InChI=1S/C27H34FN2O4/c28-22-7-5-6-21(16-22)27(11-3-1-2-4-12-27)26(32)34-25-19-30(13-8-20(25)9-14-30)18-24(31)17-23-10-15-33-29-23/h5-7,10,15-16,20,25H,1-4,8-9,11-14,17-19H2/q+1/t20?,25-,30?/m0/s1. The second-order valence-electron chi connectivity index (χ2n) is 10.6. The average Bonchev–Trinajstić information content (AvgIpc) is 3.20. The van der Waals surface area contributed by atoms with Gasteiger partial charge in [0.25, 0.3) is 0 Å². The number of nitrogens with zero attached hydrogens (tertiary/aromatic N) is 2. The fourth-order valence-electron chi connectivity index (χ4n) is 6.52. The van der Waals surface area contributed by atoms with Crippen LogP contribution in [-0.2, 0) is 26.2 Å². The summed E-state index contributed by atoms with van der Waals surface area (Å²) in [6.45, 7) is 3.00. The van der Waals surface area contributed by atoms with Gasteiger partial charge in [0.05, 0.1) is 30.6 Å². The quantitative estimate of drug-likeness (QED) is 0.342. The minimum absolute atomic E-state index is 0.138. The Kier molecular flexibility index (Phi) is 6.56. The number of Topliss-reactive ketones (excluding diaryl/α,β-unsaturated/α-hetero) is 1. The van der Waals surface area contributed by atoms with Crippen molar-refractivity contribution >= 4 is 11.8 Å². The molecule has 1 aliphatic carbocycles. The molecule has 0 N–H and O–H groups in total. The molecule has 2 bridgehead atoms. The summed E-state index contributed by atoms with van der Waals surface area (Å²) in [4.78, 5) is 26.6. The molecule has 1 saturated carbocycles. The van der Waals surface area contributed by atoms with E-state index in [0.717, 1.165) is 57.2 Å². The third-order valence-electron chi connectivity index (χ3n) is 8.41. The molecule has 0 spiro atoms. The first-order chi connectivity index (χ1) is 16.5. The van der Waals surface area contributed by atoms with Gasteiger partial charge in [0.1, 0.15) is 25.2 Å². The molecule has 34 heavy (non-hydrogen) atoms. The molecule has 1 atom stereocenters. The van der Waals surface area contributed by atoms with Gasteiger partial charge in [0.15, 0.2) is 11.9 Å². The molecular formula is C27H34FN2O4+. The van der Waals surface area contributed by atoms with Crippen LogP contribution in [-0.4, -0.2) is 53.7 Å². The third-order valence-corrected chi connectivity index (χ3v) is 8.41. The highest BCUT2D eigenvalue weighted by atomic mass is 19.1. The normalized spacial score (nSPS) is 28.3. The SMILES string of the molecule is O=C(Cc1ccon1)C[N+]12CCC(CC1)[C@@H](OC(=O)C1(c3cccc(F)c3)CCCCCC1)C2. The Labute approximate surface area is 200 Å². The van der Waals surface area contributed by atoms with Crippen molar-refractivity contribution in [3.8, 4) is 0 Å². The van der Waals surface area contributed by atoms with E-state index in [0.29, 0.717) is 42.0 Å². The van der Waals surface area contributed by atoms with E-state index < -0.39 is 5.41 Å². The summed E-state index contributed by atoms with van der Waals surface area (Å²) in [5, 5.41) is 3.87. The van der Waals surface area contributed by atoms with Crippen molar-refractivity contribution in [1.29, 1.82) is 0 Å². The first-order valence-electron chi connectivity index (χ1n) is 12.7. The van der Waals surface area contributed by atoms with Gasteiger partial charge in [-0.05, 0) is 30.5 Å². The number of fused-ring (bicyclic) bond motifs is 3. The van der Waals surface area contributed by atoms with Gasteiger partial charge >= 0.3 is 5.97 Å². The predicted molar refractivity (Wildman–Crippen MR) is 123 cm³/mol. The Bertz CT molecular complexity index is 1010. The molecule has 3 saturated heterocycles. The highest BCUT2D eigenvalue weighted by Gasteiger charge is 2.51. The minimum atomic E-state index is -0.780. The molecule has 3 aliphatic heterocycles. The lowest BCUT2D eigenvalue weighted by Gasteiger charge is -2.52. The van der Waals surface area contributed by atoms with Crippen LogP contribution in [0.25, 0.3) is 0 Å². The largest absolute Gasteiger partial charge is 0.455 e. The molecule has 6 rings (SSSR count). The number of esters is 1. The molecule has 4 fully saturated rings. The molecule has 1 aromatic carbocycles. The molecule has 2 aromatic rings. The van der Waals surface area contributed by atoms with Gasteiger partial charge in [-0.1, -0.05) is 43.0 Å². The van der Waals surface area contributed by atoms with Crippen LogP contribution in [0.1, 0.15) is 62.6 Å². The van der Waals surface area contributed by atoms with Crippen LogP contribution < -0.4 is 0 Å². The fraction of sp³-hybridized carbons (Fsp3) is 0.593. The van der Waals surface area contributed by atoms with Crippen LogP contribution >= 0.6 is 0 Å². The molecule has 182 valence electrons. The number of carbonyl (C=O) groups excluding carboxylic acids is 2. The number of carbonyl (C=O) groups is 2. The van der Waals surface area contributed by atoms with Crippen LogP contribution in [0.3, 0.4) is 0 Å². The molecule has 4 heterocycles. The third kappa shape index (κ3) is 4.67. The number of ketones is 1. The highest BCUT2D eigenvalue weighted by Crippen LogP contribution is 2.42. The van der Waals surface area contributed by atoms with Crippen molar-refractivity contribution in [3.05, 3.63) is 53.7 Å². The Balaban J connectivity index is 1.32. The van der Waals surface area contributed by atoms with Crippen molar-refractivity contribution in [1.82, 2.24) is 5.16 Å². The van der Waals surface area contributed by atoms with Crippen molar-refractivity contribution in [2.45, 2.75) is 69.3 Å². The highest BCUT2D eigenvalue weighted by molar-refractivity contribution is 5.83. The summed E-state index contributed by atoms with van der Waals surface area (Å²) in [6.07, 6.45) is 8.94. The smallest absolute Gasteiger partial charge is 0.317 e. The molecule has 7 heteroatoms. The van der Waals surface area contributed by atoms with E-state index in [-0.39, 0.29) is 30.1 Å². The molecule has 4 aliphatic rings. The van der Waals surface area contributed by atoms with Gasteiger partial charge in [0, 0.05) is 24.8 Å². The van der Waals surface area contributed by atoms with E-state index in [1.54, 1.807) is 12.1 Å². The first-order valence-corrected chi connectivity index (χ1v) is 12.7. The number of aromatic nitrogens is 1. The molecule has 1 aromatic heterocycles. The van der Waals surface area contributed by atoms with Gasteiger partial charge in [-0.15, -0.1) is 0 Å². The number of rotatable bonds is 7. The fourth-order valence-corrected chi connectivity index (χ4v) is 6.52. The number of benzene rings is 1. The second kappa shape index (κ2) is 9.61. The molecular weight excluding hydrogens is 435 g/mol. The maximum atomic E-state index is 14.1. The Morgan fingerprint density at radius 2 is 1.88 bits per heavy atom. The monoisotopic (exact) mass is 469 g/mol. The summed E-state index contributed by atoms with van der Waals surface area (Å²) in [5.41, 5.74) is 0.619. The zero-order valence-electron chi connectivity index (χ0n) is 19.7. The lowest BCUT2D eigenvalue weighted by Crippen LogP contribution is -2.66. The zero-order valence-corrected chi connectivity index (χ0v) is 19.7. The van der Waals surface area contributed by atoms with E-state index in [4.69, 9.17) is 9.26 Å². The number of hydrogen-bond donors (Lipinski definition) is 0. The predicted octanol–water partition coefficient (Wildman–Crippen LogP) is 4.37. The first kappa shape index (κ1) is 23.2. The van der Waals surface area contributed by atoms with Gasteiger partial charge in [-0.25, -0.2) is 4.39 Å². The molecule has 6 nitrogen and oxygen atoms in total. The number of piperidine rings is 3. The van der Waals surface area contributed by atoms with Crippen molar-refractivity contribution in [2.24, 2.45) is 5.92 Å². The van der Waals surface area contributed by atoms with Gasteiger partial charge in [0.2, 0.25) is 0 Å². The van der Waals surface area contributed by atoms with E-state index in [1.165, 1.54) is 18.4 Å². The van der Waals surface area contributed by atoms with Crippen molar-refractivity contribution in [2.75, 3.05) is 26.2 Å². The van der Waals surface area contributed by atoms with E-state index in [9.17, 15) is 14.0 Å². The molecule has 0 amide bonds. The Hall–Kier alpha value is -2.54. The van der Waals surface area contributed by atoms with E-state index in [1.807, 2.05) is 6.07 Å². The maximum absolute atomic E-state index is 14.1. The van der Waals surface area contributed by atoms with Crippen LogP contribution in [0.2, 0.25) is 0 Å². The minimum Gasteiger partial charge on any atom is -0.455 e. The summed E-state index contributed by atoms with van der Waals surface area (Å²) >= 11 is 0. The number of halogens is 1. The van der Waals surface area contributed by atoms with E-state index >= 15 is 0 Å². The van der Waals surface area contributed by atoms with Crippen LogP contribution in [0, 0.1) is 11.7 Å². The lowest BCUT2D eigenvalue weighted by molar-refractivity contribution is -0.939. The second-order valence-corrected chi connectivity index (χ2v) is 10.6. The summed E-state index contributed by atoms with van der Waals surface area (Å²) in [5.74, 6) is -0.0398. The van der Waals surface area contributed by atoms with Crippen LogP contribution in [0.5, 0.6) is 0 Å². The van der Waals surface area contributed by atoms with Crippen LogP contribution in [0.15, 0.2) is 41.1 Å². The maximum Gasteiger partial charge on any atom is 0.317 e. The summed E-state index contributed by atoms with van der Waals surface area (Å²) < 4.78 is 26.0. The lowest BCUT2D eigenvalue weighted by atomic mass is 9.74. The Morgan fingerprint density at radius 1 is 1.12 bits per heavy atom. The van der Waals surface area contributed by atoms with E-state index in [2.05, 4.69) is 5.16 Å². The molecule has 0 radical (unpaired) electrons. The van der Waals surface area contributed by atoms with Crippen molar-refractivity contribution in [3.63, 3.8) is 0 Å². The van der Waals surface area contributed by atoms with Gasteiger partial charge < -0.3 is 13.7 Å². The zero-order chi connectivity index (χ0) is 23.6. The van der Waals surface area contributed by atoms with Gasteiger partial charge in [-0.2, -0.15) is 0 Å². The molecule has 0 unspecified atom stereocenters. The number of quaternary nitrogens is 1. The average molecular weight is 470 g/mol. The number of hydrogen-bond acceptors (Lipinski definition) is 5. The Morgan fingerprint density at radius 3 is 2.56 bits per heavy atom. The van der Waals surface area contributed by atoms with Crippen molar-refractivity contribution < 1.29 is 27.7 Å². The summed E-state index contributed by atoms with van der Waals surface area (Å²) in [6, 6.07) is 8.24. The summed E-state index contributed by atoms with van der Waals surface area (Å²) in [7, 11) is 0.